The van der Waals surface area contributed by atoms with Crippen molar-refractivity contribution in [1.82, 2.24) is 15.5 Å². The fourth-order valence-corrected chi connectivity index (χ4v) is 3.89. The molecule has 1 N–H and O–H groups in total. The van der Waals surface area contributed by atoms with Crippen LogP contribution in [0.5, 0.6) is 0 Å². The van der Waals surface area contributed by atoms with E-state index in [9.17, 15) is 4.79 Å². The lowest BCUT2D eigenvalue weighted by molar-refractivity contribution is 0.0949. The number of benzene rings is 1. The second-order valence-corrected chi connectivity index (χ2v) is 6.38. The van der Waals surface area contributed by atoms with Gasteiger partial charge in [0.1, 0.15) is 0 Å². The summed E-state index contributed by atoms with van der Waals surface area (Å²) in [6.07, 6.45) is 5.14. The van der Waals surface area contributed by atoms with Crippen molar-refractivity contribution in [3.05, 3.63) is 47.6 Å². The van der Waals surface area contributed by atoms with Gasteiger partial charge in [-0.3, -0.25) is 4.79 Å². The van der Waals surface area contributed by atoms with Gasteiger partial charge in [-0.05, 0) is 43.2 Å². The van der Waals surface area contributed by atoms with Gasteiger partial charge in [-0.25, -0.2) is 0 Å². The monoisotopic (exact) mass is 297 g/mol. The summed E-state index contributed by atoms with van der Waals surface area (Å²) < 4.78 is 5.43. The Morgan fingerprint density at radius 1 is 1.23 bits per heavy atom. The summed E-state index contributed by atoms with van der Waals surface area (Å²) in [6, 6.07) is 9.14. The summed E-state index contributed by atoms with van der Waals surface area (Å²) >= 11 is 0. The zero-order valence-corrected chi connectivity index (χ0v) is 12.4. The molecule has 1 aromatic heterocycles. The summed E-state index contributed by atoms with van der Waals surface area (Å²) in [7, 11) is 0. The number of carbonyl (C=O) groups is 1. The fourth-order valence-electron chi connectivity index (χ4n) is 3.89. The number of hydrogen-bond acceptors (Lipinski definition) is 4. The number of aromatic nitrogens is 2. The average molecular weight is 297 g/mol. The molecule has 1 aromatic carbocycles. The van der Waals surface area contributed by atoms with Crippen molar-refractivity contribution in [2.45, 2.75) is 38.1 Å². The topological polar surface area (TPSA) is 68.0 Å². The SMILES string of the molecule is O=C(NCc1noc([C@@H]2C[C@H]3CC[C@H]2C3)n1)c1ccccc1. The van der Waals surface area contributed by atoms with Crippen LogP contribution in [0.25, 0.3) is 0 Å². The Balaban J connectivity index is 1.37. The normalized spacial score (nSPS) is 26.3. The van der Waals surface area contributed by atoms with E-state index in [1.165, 1.54) is 25.7 Å². The van der Waals surface area contributed by atoms with Gasteiger partial charge in [0.2, 0.25) is 5.89 Å². The van der Waals surface area contributed by atoms with Crippen LogP contribution in [0.1, 0.15) is 53.7 Å². The number of fused-ring (bicyclic) bond motifs is 2. The Morgan fingerprint density at radius 2 is 2.09 bits per heavy atom. The van der Waals surface area contributed by atoms with Crippen LogP contribution in [-0.4, -0.2) is 16.0 Å². The smallest absolute Gasteiger partial charge is 0.251 e. The highest BCUT2D eigenvalue weighted by molar-refractivity contribution is 5.93. The maximum atomic E-state index is 12.0. The second-order valence-electron chi connectivity index (χ2n) is 6.38. The molecule has 114 valence electrons. The van der Waals surface area contributed by atoms with E-state index in [0.29, 0.717) is 23.9 Å². The number of nitrogens with zero attached hydrogens (tertiary/aromatic N) is 2. The molecule has 0 unspecified atom stereocenters. The summed E-state index contributed by atoms with van der Waals surface area (Å²) in [6.45, 7) is 0.304. The molecular weight excluding hydrogens is 278 g/mol. The van der Waals surface area contributed by atoms with E-state index in [0.717, 1.165) is 17.7 Å². The van der Waals surface area contributed by atoms with E-state index in [2.05, 4.69) is 15.5 Å². The first-order valence-corrected chi connectivity index (χ1v) is 7.95. The van der Waals surface area contributed by atoms with Crippen molar-refractivity contribution in [2.24, 2.45) is 11.8 Å². The molecule has 3 atom stereocenters. The molecule has 1 heterocycles. The van der Waals surface area contributed by atoms with Crippen LogP contribution in [0, 0.1) is 11.8 Å². The Labute approximate surface area is 129 Å². The minimum atomic E-state index is -0.119. The minimum Gasteiger partial charge on any atom is -0.345 e. The average Bonchev–Trinajstić information content (AvgIpc) is 3.29. The zero-order valence-electron chi connectivity index (χ0n) is 12.4. The fraction of sp³-hybridized carbons (Fsp3) is 0.471. The highest BCUT2D eigenvalue weighted by Gasteiger charge is 2.42. The van der Waals surface area contributed by atoms with E-state index < -0.39 is 0 Å². The lowest BCUT2D eigenvalue weighted by Crippen LogP contribution is -2.23. The predicted molar refractivity (Wildman–Crippen MR) is 80.1 cm³/mol. The Kier molecular flexibility index (Phi) is 3.41. The van der Waals surface area contributed by atoms with Gasteiger partial charge in [0.25, 0.3) is 5.91 Å². The zero-order chi connectivity index (χ0) is 14.9. The quantitative estimate of drug-likeness (QED) is 0.942. The Morgan fingerprint density at radius 3 is 2.82 bits per heavy atom. The first-order valence-electron chi connectivity index (χ1n) is 7.95. The number of amides is 1. The van der Waals surface area contributed by atoms with E-state index >= 15 is 0 Å². The number of carbonyl (C=O) groups excluding carboxylic acids is 1. The van der Waals surface area contributed by atoms with Gasteiger partial charge in [0.15, 0.2) is 5.82 Å². The summed E-state index contributed by atoms with van der Waals surface area (Å²) in [5.74, 6) is 3.20. The van der Waals surface area contributed by atoms with E-state index in [1.807, 2.05) is 18.2 Å². The van der Waals surface area contributed by atoms with Crippen molar-refractivity contribution >= 4 is 5.91 Å². The maximum Gasteiger partial charge on any atom is 0.251 e. The molecular formula is C17H19N3O2. The van der Waals surface area contributed by atoms with Crippen molar-refractivity contribution < 1.29 is 9.32 Å². The predicted octanol–water partition coefficient (Wildman–Crippen LogP) is 2.90. The van der Waals surface area contributed by atoms with Gasteiger partial charge in [-0.2, -0.15) is 4.98 Å². The third kappa shape index (κ3) is 2.51. The summed E-state index contributed by atoms with van der Waals surface area (Å²) in [5.41, 5.74) is 0.638. The lowest BCUT2D eigenvalue weighted by atomic mass is 9.89. The van der Waals surface area contributed by atoms with Crippen molar-refractivity contribution in [3.63, 3.8) is 0 Å². The molecule has 2 aliphatic rings. The third-order valence-electron chi connectivity index (χ3n) is 4.98. The number of nitrogens with one attached hydrogen (secondary N) is 1. The standard InChI is InChI=1S/C17H19N3O2/c21-16(12-4-2-1-3-5-12)18-10-15-19-17(22-20-15)14-9-11-6-7-13(14)8-11/h1-5,11,13-14H,6-10H2,(H,18,21)/t11-,13-,14+/m0/s1. The molecule has 1 amide bonds. The molecule has 2 aliphatic carbocycles. The second kappa shape index (κ2) is 5.55. The van der Waals surface area contributed by atoms with Crippen LogP contribution >= 0.6 is 0 Å². The van der Waals surface area contributed by atoms with E-state index in [-0.39, 0.29) is 5.91 Å². The highest BCUT2D eigenvalue weighted by atomic mass is 16.5. The van der Waals surface area contributed by atoms with Crippen LogP contribution < -0.4 is 5.32 Å². The molecule has 22 heavy (non-hydrogen) atoms. The van der Waals surface area contributed by atoms with Gasteiger partial charge in [0, 0.05) is 11.5 Å². The van der Waals surface area contributed by atoms with Crippen molar-refractivity contribution in [2.75, 3.05) is 0 Å². The van der Waals surface area contributed by atoms with Crippen molar-refractivity contribution in [1.29, 1.82) is 0 Å². The van der Waals surface area contributed by atoms with E-state index in [1.54, 1.807) is 12.1 Å². The largest absolute Gasteiger partial charge is 0.345 e. The molecule has 2 aromatic rings. The highest BCUT2D eigenvalue weighted by Crippen LogP contribution is 2.52. The molecule has 0 saturated heterocycles. The van der Waals surface area contributed by atoms with Crippen LogP contribution in [-0.2, 0) is 6.54 Å². The molecule has 2 saturated carbocycles. The molecule has 2 fully saturated rings. The summed E-state index contributed by atoms with van der Waals surface area (Å²) in [5, 5.41) is 6.84. The first-order chi connectivity index (χ1) is 10.8. The van der Waals surface area contributed by atoms with Gasteiger partial charge >= 0.3 is 0 Å². The molecule has 5 heteroatoms. The van der Waals surface area contributed by atoms with Crippen molar-refractivity contribution in [3.8, 4) is 0 Å². The van der Waals surface area contributed by atoms with Crippen LogP contribution in [0.15, 0.2) is 34.9 Å². The Hall–Kier alpha value is -2.17. The molecule has 0 radical (unpaired) electrons. The molecule has 4 rings (SSSR count). The Bertz CT molecular complexity index is 668. The first kappa shape index (κ1) is 13.5. The van der Waals surface area contributed by atoms with Gasteiger partial charge in [-0.1, -0.05) is 29.8 Å². The molecule has 5 nitrogen and oxygen atoms in total. The van der Waals surface area contributed by atoms with E-state index in [4.69, 9.17) is 4.52 Å². The number of rotatable bonds is 4. The maximum absolute atomic E-state index is 12.0. The van der Waals surface area contributed by atoms with Gasteiger partial charge in [0.05, 0.1) is 6.54 Å². The molecule has 0 aliphatic heterocycles. The minimum absolute atomic E-state index is 0.119. The van der Waals surface area contributed by atoms with Gasteiger partial charge in [-0.15, -0.1) is 0 Å². The third-order valence-corrected chi connectivity index (χ3v) is 4.98. The number of hydrogen-bond donors (Lipinski definition) is 1. The molecule has 2 bridgehead atoms. The molecule has 0 spiro atoms. The van der Waals surface area contributed by atoms with Gasteiger partial charge < -0.3 is 9.84 Å². The van der Waals surface area contributed by atoms with Crippen LogP contribution in [0.3, 0.4) is 0 Å². The summed E-state index contributed by atoms with van der Waals surface area (Å²) in [4.78, 5) is 16.5. The van der Waals surface area contributed by atoms with Crippen LogP contribution in [0.2, 0.25) is 0 Å². The lowest BCUT2D eigenvalue weighted by Gasteiger charge is -2.16. The van der Waals surface area contributed by atoms with Crippen LogP contribution in [0.4, 0.5) is 0 Å².